The van der Waals surface area contributed by atoms with Crippen molar-refractivity contribution >= 4 is 17.4 Å². The number of ketones is 1. The second-order valence-corrected chi connectivity index (χ2v) is 6.38. The van der Waals surface area contributed by atoms with Gasteiger partial charge in [0.25, 0.3) is 0 Å². The summed E-state index contributed by atoms with van der Waals surface area (Å²) in [5, 5.41) is 0.661. The van der Waals surface area contributed by atoms with Gasteiger partial charge >= 0.3 is 0 Å². The summed E-state index contributed by atoms with van der Waals surface area (Å²) in [6, 6.07) is 3.77. The first-order chi connectivity index (χ1) is 9.75. The van der Waals surface area contributed by atoms with Crippen molar-refractivity contribution in [2.75, 3.05) is 6.61 Å². The van der Waals surface area contributed by atoms with Crippen molar-refractivity contribution in [2.45, 2.75) is 51.4 Å². The number of carbonyl (C=O) groups is 1. The Morgan fingerprint density at radius 1 is 1.10 bits per heavy atom. The summed E-state index contributed by atoms with van der Waals surface area (Å²) in [5.74, 6) is 1.21. The Balaban J connectivity index is 1.95. The number of hydrogen-bond acceptors (Lipinski definition) is 2. The average Bonchev–Trinajstić information content (AvgIpc) is 2.71. The maximum absolute atomic E-state index is 12.8. The minimum absolute atomic E-state index is 0.165. The Labute approximate surface area is 125 Å². The summed E-state index contributed by atoms with van der Waals surface area (Å²) in [7, 11) is 0. The average molecular weight is 293 g/mol. The summed E-state index contributed by atoms with van der Waals surface area (Å²) in [4.78, 5) is 12.8. The largest absolute Gasteiger partial charge is 0.493 e. The van der Waals surface area contributed by atoms with Crippen LogP contribution in [-0.4, -0.2) is 12.4 Å². The molecule has 1 aliphatic carbocycles. The zero-order valence-electron chi connectivity index (χ0n) is 11.8. The van der Waals surface area contributed by atoms with Crippen molar-refractivity contribution in [1.29, 1.82) is 0 Å². The molecule has 0 spiro atoms. The van der Waals surface area contributed by atoms with E-state index in [9.17, 15) is 4.79 Å². The van der Waals surface area contributed by atoms with Crippen LogP contribution in [0.3, 0.4) is 0 Å². The zero-order valence-corrected chi connectivity index (χ0v) is 12.5. The number of hydrogen-bond donors (Lipinski definition) is 0. The fraction of sp³-hybridized carbons (Fsp3) is 0.588. The monoisotopic (exact) mass is 292 g/mol. The topological polar surface area (TPSA) is 26.3 Å². The van der Waals surface area contributed by atoms with Crippen molar-refractivity contribution in [1.82, 2.24) is 0 Å². The number of fused-ring (bicyclic) bond motifs is 1. The third-order valence-corrected chi connectivity index (χ3v) is 4.68. The molecular weight excluding hydrogens is 272 g/mol. The van der Waals surface area contributed by atoms with Crippen molar-refractivity contribution in [3.63, 3.8) is 0 Å². The molecule has 1 aromatic rings. The van der Waals surface area contributed by atoms with Gasteiger partial charge in [0.2, 0.25) is 0 Å². The summed E-state index contributed by atoms with van der Waals surface area (Å²) < 4.78 is 5.87. The number of halogens is 1. The normalized spacial score (nSPS) is 19.9. The van der Waals surface area contributed by atoms with Crippen LogP contribution in [0.5, 0.6) is 5.75 Å². The van der Waals surface area contributed by atoms with Gasteiger partial charge in [0.05, 0.1) is 12.2 Å². The van der Waals surface area contributed by atoms with E-state index in [2.05, 4.69) is 0 Å². The second kappa shape index (κ2) is 6.17. The van der Waals surface area contributed by atoms with Crippen LogP contribution in [0, 0.1) is 5.92 Å². The van der Waals surface area contributed by atoms with Gasteiger partial charge in [-0.1, -0.05) is 30.9 Å². The maximum atomic E-state index is 12.8. The SMILES string of the molecule is O=C(c1cc(Cl)cc2c1OCCCC2)C1CCCCC1. The number of carbonyl (C=O) groups excluding carboxylic acids is 1. The zero-order chi connectivity index (χ0) is 13.9. The van der Waals surface area contributed by atoms with E-state index >= 15 is 0 Å². The van der Waals surface area contributed by atoms with Crippen LogP contribution in [0.15, 0.2) is 12.1 Å². The third-order valence-electron chi connectivity index (χ3n) is 4.46. The van der Waals surface area contributed by atoms with Gasteiger partial charge in [-0.15, -0.1) is 0 Å². The molecule has 0 aromatic heterocycles. The Morgan fingerprint density at radius 3 is 2.70 bits per heavy atom. The molecule has 1 fully saturated rings. The highest BCUT2D eigenvalue weighted by Crippen LogP contribution is 2.36. The van der Waals surface area contributed by atoms with E-state index in [1.807, 2.05) is 12.1 Å². The number of Topliss-reactive ketones (excluding diaryl/α,β-unsaturated/α-hetero) is 1. The van der Waals surface area contributed by atoms with Gasteiger partial charge in [-0.3, -0.25) is 4.79 Å². The first kappa shape index (κ1) is 13.9. The Bertz CT molecular complexity index is 504. The summed E-state index contributed by atoms with van der Waals surface area (Å²) in [5.41, 5.74) is 1.83. The quantitative estimate of drug-likeness (QED) is 0.731. The molecule has 0 atom stereocenters. The Morgan fingerprint density at radius 2 is 1.90 bits per heavy atom. The van der Waals surface area contributed by atoms with Crippen molar-refractivity contribution < 1.29 is 9.53 Å². The van der Waals surface area contributed by atoms with Crippen molar-refractivity contribution in [3.05, 3.63) is 28.3 Å². The first-order valence-electron chi connectivity index (χ1n) is 7.75. The van der Waals surface area contributed by atoms with Crippen LogP contribution >= 0.6 is 11.6 Å². The molecule has 0 saturated heterocycles. The standard InChI is InChI=1S/C17H21ClO2/c18-14-10-13-8-4-5-9-20-17(13)15(11-14)16(19)12-6-2-1-3-7-12/h10-12H,1-9H2. The van der Waals surface area contributed by atoms with E-state index in [1.165, 1.54) is 19.3 Å². The lowest BCUT2D eigenvalue weighted by Crippen LogP contribution is -2.19. The molecule has 1 aromatic carbocycles. The minimum Gasteiger partial charge on any atom is -0.493 e. The highest BCUT2D eigenvalue weighted by Gasteiger charge is 2.27. The predicted molar refractivity (Wildman–Crippen MR) is 80.8 cm³/mol. The van der Waals surface area contributed by atoms with Gasteiger partial charge in [0.1, 0.15) is 5.75 Å². The number of benzene rings is 1. The molecular formula is C17H21ClO2. The second-order valence-electron chi connectivity index (χ2n) is 5.95. The van der Waals surface area contributed by atoms with Gasteiger partial charge < -0.3 is 4.74 Å². The molecule has 1 aliphatic heterocycles. The molecule has 3 heteroatoms. The van der Waals surface area contributed by atoms with E-state index in [-0.39, 0.29) is 11.7 Å². The fourth-order valence-corrected chi connectivity index (χ4v) is 3.61. The maximum Gasteiger partial charge on any atom is 0.169 e. The molecule has 0 unspecified atom stereocenters. The van der Waals surface area contributed by atoms with Gasteiger partial charge in [0.15, 0.2) is 5.78 Å². The number of rotatable bonds is 2. The lowest BCUT2D eigenvalue weighted by molar-refractivity contribution is 0.0885. The highest BCUT2D eigenvalue weighted by atomic mass is 35.5. The molecule has 1 heterocycles. The third kappa shape index (κ3) is 2.85. The van der Waals surface area contributed by atoms with Gasteiger partial charge in [-0.2, -0.15) is 0 Å². The molecule has 0 amide bonds. The van der Waals surface area contributed by atoms with Crippen LogP contribution < -0.4 is 4.74 Å². The lowest BCUT2D eigenvalue weighted by Gasteiger charge is -2.22. The number of aryl methyl sites for hydroxylation is 1. The molecule has 3 rings (SSSR count). The minimum atomic E-state index is 0.165. The van der Waals surface area contributed by atoms with Gasteiger partial charge in [-0.05, 0) is 49.8 Å². The highest BCUT2D eigenvalue weighted by molar-refractivity contribution is 6.31. The van der Waals surface area contributed by atoms with E-state index in [0.717, 1.165) is 49.0 Å². The lowest BCUT2D eigenvalue weighted by atomic mass is 9.83. The van der Waals surface area contributed by atoms with Gasteiger partial charge in [-0.25, -0.2) is 0 Å². The molecule has 0 bridgehead atoms. The van der Waals surface area contributed by atoms with Gasteiger partial charge in [0, 0.05) is 10.9 Å². The number of ether oxygens (including phenoxy) is 1. The molecule has 0 radical (unpaired) electrons. The van der Waals surface area contributed by atoms with E-state index in [1.54, 1.807) is 0 Å². The summed E-state index contributed by atoms with van der Waals surface area (Å²) in [6.45, 7) is 0.708. The predicted octanol–water partition coefficient (Wildman–Crippen LogP) is 4.82. The van der Waals surface area contributed by atoms with Crippen molar-refractivity contribution in [3.8, 4) is 5.75 Å². The summed E-state index contributed by atoms with van der Waals surface area (Å²) in [6.07, 6.45) is 8.73. The van der Waals surface area contributed by atoms with Crippen LogP contribution in [0.1, 0.15) is 60.9 Å². The first-order valence-corrected chi connectivity index (χ1v) is 8.13. The molecule has 0 N–H and O–H groups in total. The molecule has 2 nitrogen and oxygen atoms in total. The summed E-state index contributed by atoms with van der Waals surface area (Å²) >= 11 is 6.21. The Hall–Kier alpha value is -1.02. The van der Waals surface area contributed by atoms with E-state index in [0.29, 0.717) is 11.6 Å². The van der Waals surface area contributed by atoms with Crippen LogP contribution in [0.2, 0.25) is 5.02 Å². The Kier molecular flexibility index (Phi) is 4.30. The van der Waals surface area contributed by atoms with E-state index < -0.39 is 0 Å². The van der Waals surface area contributed by atoms with Crippen molar-refractivity contribution in [2.24, 2.45) is 5.92 Å². The molecule has 108 valence electrons. The molecule has 20 heavy (non-hydrogen) atoms. The fourth-order valence-electron chi connectivity index (χ4n) is 3.37. The molecule has 2 aliphatic rings. The smallest absolute Gasteiger partial charge is 0.169 e. The van der Waals surface area contributed by atoms with Crippen LogP contribution in [0.4, 0.5) is 0 Å². The van der Waals surface area contributed by atoms with Crippen LogP contribution in [-0.2, 0) is 6.42 Å². The van der Waals surface area contributed by atoms with Crippen LogP contribution in [0.25, 0.3) is 0 Å². The molecule has 1 saturated carbocycles. The van der Waals surface area contributed by atoms with E-state index in [4.69, 9.17) is 16.3 Å².